The second kappa shape index (κ2) is 5.85. The smallest absolute Gasteiger partial charge is 0.220 e. The number of nitrogens with one attached hydrogen (secondary N) is 1. The molecule has 3 N–H and O–H groups in total. The summed E-state index contributed by atoms with van der Waals surface area (Å²) >= 11 is 0. The Balaban J connectivity index is 1.70. The van der Waals surface area contributed by atoms with Crippen LogP contribution in [-0.2, 0) is 4.79 Å². The molecule has 0 spiro atoms. The van der Waals surface area contributed by atoms with E-state index in [2.05, 4.69) is 12.2 Å². The molecule has 3 heteroatoms. The van der Waals surface area contributed by atoms with Gasteiger partial charge in [-0.15, -0.1) is 0 Å². The summed E-state index contributed by atoms with van der Waals surface area (Å²) in [6, 6.07) is 0.371. The van der Waals surface area contributed by atoms with Crippen molar-refractivity contribution in [3.63, 3.8) is 0 Å². The highest BCUT2D eigenvalue weighted by Gasteiger charge is 2.41. The third-order valence-electron chi connectivity index (χ3n) is 4.68. The van der Waals surface area contributed by atoms with Gasteiger partial charge in [-0.1, -0.05) is 6.42 Å². The number of amides is 1. The van der Waals surface area contributed by atoms with Gasteiger partial charge in [0.25, 0.3) is 0 Å². The van der Waals surface area contributed by atoms with Crippen LogP contribution in [-0.4, -0.2) is 18.5 Å². The summed E-state index contributed by atoms with van der Waals surface area (Å²) in [4.78, 5) is 11.7. The van der Waals surface area contributed by atoms with Crippen molar-refractivity contribution in [3.8, 4) is 0 Å². The fraction of sp³-hybridized carbons (Fsp3) is 0.929. The lowest BCUT2D eigenvalue weighted by Gasteiger charge is -2.28. The maximum Gasteiger partial charge on any atom is 0.220 e. The monoisotopic (exact) mass is 238 g/mol. The number of carbonyl (C=O) groups excluding carboxylic acids is 1. The van der Waals surface area contributed by atoms with Gasteiger partial charge in [0.1, 0.15) is 0 Å². The predicted molar refractivity (Wildman–Crippen MR) is 69.4 cm³/mol. The SMILES string of the molecule is CC(NC(=O)CCCCN)C1CC2CCC1C2. The normalized spacial score (nSPS) is 32.7. The van der Waals surface area contributed by atoms with Gasteiger partial charge in [0.2, 0.25) is 5.91 Å². The number of hydrogen-bond acceptors (Lipinski definition) is 2. The fourth-order valence-corrected chi connectivity index (χ4v) is 3.77. The predicted octanol–water partition coefficient (Wildman–Crippen LogP) is 2.06. The van der Waals surface area contributed by atoms with Crippen molar-refractivity contribution in [1.82, 2.24) is 5.32 Å². The number of fused-ring (bicyclic) bond motifs is 2. The summed E-state index contributed by atoms with van der Waals surface area (Å²) in [6.07, 6.45) is 8.10. The summed E-state index contributed by atoms with van der Waals surface area (Å²) in [7, 11) is 0. The van der Waals surface area contributed by atoms with Crippen molar-refractivity contribution in [3.05, 3.63) is 0 Å². The van der Waals surface area contributed by atoms with Gasteiger partial charge in [-0.25, -0.2) is 0 Å². The van der Waals surface area contributed by atoms with Gasteiger partial charge in [-0.05, 0) is 63.3 Å². The first kappa shape index (κ1) is 12.9. The van der Waals surface area contributed by atoms with Gasteiger partial charge < -0.3 is 11.1 Å². The molecule has 0 aliphatic heterocycles. The molecule has 2 saturated carbocycles. The van der Waals surface area contributed by atoms with Crippen molar-refractivity contribution < 1.29 is 4.79 Å². The zero-order chi connectivity index (χ0) is 12.3. The first-order valence-electron chi connectivity index (χ1n) is 7.20. The first-order valence-corrected chi connectivity index (χ1v) is 7.20. The van der Waals surface area contributed by atoms with E-state index in [1.165, 1.54) is 25.7 Å². The fourth-order valence-electron chi connectivity index (χ4n) is 3.77. The summed E-state index contributed by atoms with van der Waals surface area (Å²) in [5.74, 6) is 2.81. The molecule has 0 saturated heterocycles. The van der Waals surface area contributed by atoms with Crippen LogP contribution in [0.2, 0.25) is 0 Å². The molecule has 2 rings (SSSR count). The Morgan fingerprint density at radius 2 is 2.18 bits per heavy atom. The molecule has 0 aromatic carbocycles. The second-order valence-electron chi connectivity index (χ2n) is 5.94. The van der Waals surface area contributed by atoms with Crippen molar-refractivity contribution in [2.75, 3.05) is 6.54 Å². The Morgan fingerprint density at radius 1 is 1.35 bits per heavy atom. The Kier molecular flexibility index (Phi) is 4.43. The minimum Gasteiger partial charge on any atom is -0.353 e. The molecule has 2 bridgehead atoms. The molecule has 2 fully saturated rings. The summed E-state index contributed by atoms with van der Waals surface area (Å²) in [6.45, 7) is 2.88. The molecule has 0 radical (unpaired) electrons. The van der Waals surface area contributed by atoms with E-state index in [0.29, 0.717) is 19.0 Å². The minimum absolute atomic E-state index is 0.216. The molecule has 98 valence electrons. The van der Waals surface area contributed by atoms with Crippen molar-refractivity contribution >= 4 is 5.91 Å². The third kappa shape index (κ3) is 3.21. The van der Waals surface area contributed by atoms with Gasteiger partial charge in [-0.2, -0.15) is 0 Å². The Labute approximate surface area is 105 Å². The minimum atomic E-state index is 0.216. The average molecular weight is 238 g/mol. The Morgan fingerprint density at radius 3 is 2.76 bits per heavy atom. The number of carbonyl (C=O) groups is 1. The van der Waals surface area contributed by atoms with Gasteiger partial charge in [0.15, 0.2) is 0 Å². The lowest BCUT2D eigenvalue weighted by atomic mass is 9.84. The average Bonchev–Trinajstić information content (AvgIpc) is 2.91. The van der Waals surface area contributed by atoms with E-state index in [1.54, 1.807) is 0 Å². The molecular weight excluding hydrogens is 212 g/mol. The van der Waals surface area contributed by atoms with Gasteiger partial charge in [-0.3, -0.25) is 4.79 Å². The zero-order valence-corrected chi connectivity index (χ0v) is 11.0. The highest BCUT2D eigenvalue weighted by molar-refractivity contribution is 5.76. The molecule has 0 heterocycles. The maximum absolute atomic E-state index is 11.7. The zero-order valence-electron chi connectivity index (χ0n) is 11.0. The van der Waals surface area contributed by atoms with Crippen LogP contribution in [0.15, 0.2) is 0 Å². The standard InChI is InChI=1S/C14H26N2O/c1-10(16-14(17)4-2-3-7-15)13-9-11-5-6-12(13)8-11/h10-13H,2-9,15H2,1H3,(H,16,17). The highest BCUT2D eigenvalue weighted by atomic mass is 16.1. The number of hydrogen-bond donors (Lipinski definition) is 2. The Bertz CT molecular complexity index is 267. The Hall–Kier alpha value is -0.570. The first-order chi connectivity index (χ1) is 8.20. The van der Waals surface area contributed by atoms with Crippen molar-refractivity contribution in [2.45, 2.75) is 57.9 Å². The van der Waals surface area contributed by atoms with Crippen LogP contribution >= 0.6 is 0 Å². The third-order valence-corrected chi connectivity index (χ3v) is 4.68. The quantitative estimate of drug-likeness (QED) is 0.696. The molecule has 0 aromatic rings. The van der Waals surface area contributed by atoms with E-state index in [4.69, 9.17) is 5.73 Å². The molecule has 0 aromatic heterocycles. The van der Waals surface area contributed by atoms with Crippen LogP contribution in [0.1, 0.15) is 51.9 Å². The molecule has 4 atom stereocenters. The van der Waals surface area contributed by atoms with Crippen LogP contribution in [0.3, 0.4) is 0 Å². The van der Waals surface area contributed by atoms with E-state index in [9.17, 15) is 4.79 Å². The number of nitrogens with two attached hydrogens (primary N) is 1. The molecule has 2 aliphatic carbocycles. The topological polar surface area (TPSA) is 55.1 Å². The molecule has 4 unspecified atom stereocenters. The highest BCUT2D eigenvalue weighted by Crippen LogP contribution is 2.49. The summed E-state index contributed by atoms with van der Waals surface area (Å²) in [5, 5.41) is 3.19. The van der Waals surface area contributed by atoms with E-state index < -0.39 is 0 Å². The van der Waals surface area contributed by atoms with E-state index in [-0.39, 0.29) is 5.91 Å². The van der Waals surface area contributed by atoms with E-state index in [0.717, 1.165) is 30.6 Å². The van der Waals surface area contributed by atoms with Crippen LogP contribution in [0.4, 0.5) is 0 Å². The largest absolute Gasteiger partial charge is 0.353 e. The summed E-state index contributed by atoms with van der Waals surface area (Å²) < 4.78 is 0. The molecule has 1 amide bonds. The van der Waals surface area contributed by atoms with Crippen LogP contribution in [0, 0.1) is 17.8 Å². The van der Waals surface area contributed by atoms with Gasteiger partial charge >= 0.3 is 0 Å². The van der Waals surface area contributed by atoms with Gasteiger partial charge in [0.05, 0.1) is 0 Å². The lowest BCUT2D eigenvalue weighted by Crippen LogP contribution is -2.40. The number of rotatable bonds is 6. The van der Waals surface area contributed by atoms with Crippen LogP contribution in [0.5, 0.6) is 0 Å². The molecule has 17 heavy (non-hydrogen) atoms. The second-order valence-corrected chi connectivity index (χ2v) is 5.94. The lowest BCUT2D eigenvalue weighted by molar-refractivity contribution is -0.122. The summed E-state index contributed by atoms with van der Waals surface area (Å²) in [5.41, 5.74) is 5.42. The maximum atomic E-state index is 11.7. The van der Waals surface area contributed by atoms with E-state index in [1.807, 2.05) is 0 Å². The molecular formula is C14H26N2O. The van der Waals surface area contributed by atoms with Crippen molar-refractivity contribution in [2.24, 2.45) is 23.5 Å². The van der Waals surface area contributed by atoms with Crippen molar-refractivity contribution in [1.29, 1.82) is 0 Å². The molecule has 2 aliphatic rings. The molecule has 3 nitrogen and oxygen atoms in total. The van der Waals surface area contributed by atoms with Crippen LogP contribution < -0.4 is 11.1 Å². The number of unbranched alkanes of at least 4 members (excludes halogenated alkanes) is 1. The van der Waals surface area contributed by atoms with E-state index >= 15 is 0 Å². The van der Waals surface area contributed by atoms with Crippen LogP contribution in [0.25, 0.3) is 0 Å². The van der Waals surface area contributed by atoms with Gasteiger partial charge in [0, 0.05) is 12.5 Å².